The van der Waals surface area contributed by atoms with E-state index in [0.717, 1.165) is 12.2 Å². The van der Waals surface area contributed by atoms with Gasteiger partial charge in [0, 0.05) is 6.04 Å². The monoisotopic (exact) mass is 221 g/mol. The van der Waals surface area contributed by atoms with Crippen LogP contribution in [0.5, 0.6) is 5.75 Å². The normalized spacial score (nSPS) is 14.6. The highest BCUT2D eigenvalue weighted by atomic mass is 16.5. The predicted octanol–water partition coefficient (Wildman–Crippen LogP) is 3.07. The number of ether oxygens (including phenoxy) is 1. The molecule has 90 valence electrons. The van der Waals surface area contributed by atoms with Crippen LogP contribution < -0.4 is 10.1 Å². The summed E-state index contributed by atoms with van der Waals surface area (Å²) in [6, 6.07) is 6.71. The molecule has 1 N–H and O–H groups in total. The number of nitrogens with one attached hydrogen (secondary N) is 1. The summed E-state index contributed by atoms with van der Waals surface area (Å²) < 4.78 is 5.98. The van der Waals surface area contributed by atoms with Crippen LogP contribution in [0.2, 0.25) is 0 Å². The molecule has 0 heterocycles. The summed E-state index contributed by atoms with van der Waals surface area (Å²) in [5.74, 6) is 0.992. The minimum absolute atomic E-state index is 0.191. The molecule has 2 unspecified atom stereocenters. The molecule has 1 aromatic carbocycles. The SMILES string of the molecule is CCC(NC)C(C)Oc1ccc(C)cc1C. The Balaban J connectivity index is 2.72. The summed E-state index contributed by atoms with van der Waals surface area (Å²) in [6.07, 6.45) is 1.26. The fraction of sp³-hybridized carbons (Fsp3) is 0.571. The first kappa shape index (κ1) is 13.0. The molecular formula is C14H23NO. The highest BCUT2D eigenvalue weighted by Gasteiger charge is 2.15. The van der Waals surface area contributed by atoms with E-state index < -0.39 is 0 Å². The third-order valence-electron chi connectivity index (χ3n) is 3.02. The van der Waals surface area contributed by atoms with E-state index >= 15 is 0 Å². The minimum atomic E-state index is 0.191. The second kappa shape index (κ2) is 5.90. The molecule has 1 aromatic rings. The topological polar surface area (TPSA) is 21.3 Å². The molecule has 0 bridgehead atoms. The predicted molar refractivity (Wildman–Crippen MR) is 69.1 cm³/mol. The Kier molecular flexibility index (Phi) is 4.81. The molecule has 0 aromatic heterocycles. The van der Waals surface area contributed by atoms with Gasteiger partial charge in [-0.05, 0) is 45.9 Å². The lowest BCUT2D eigenvalue weighted by molar-refractivity contribution is 0.171. The first-order valence-electron chi connectivity index (χ1n) is 5.99. The third-order valence-corrected chi connectivity index (χ3v) is 3.02. The van der Waals surface area contributed by atoms with Gasteiger partial charge in [-0.2, -0.15) is 0 Å². The van der Waals surface area contributed by atoms with Gasteiger partial charge in [0.05, 0.1) is 0 Å². The molecule has 0 aliphatic heterocycles. The standard InChI is InChI=1S/C14H23NO/c1-6-13(15-5)12(4)16-14-8-7-10(2)9-11(14)3/h7-9,12-13,15H,6H2,1-5H3. The van der Waals surface area contributed by atoms with Crippen molar-refractivity contribution < 1.29 is 4.74 Å². The Morgan fingerprint density at radius 1 is 1.31 bits per heavy atom. The highest BCUT2D eigenvalue weighted by Crippen LogP contribution is 2.21. The number of hydrogen-bond acceptors (Lipinski definition) is 2. The maximum atomic E-state index is 5.98. The largest absolute Gasteiger partial charge is 0.489 e. The van der Waals surface area contributed by atoms with Gasteiger partial charge in [-0.3, -0.25) is 0 Å². The zero-order valence-corrected chi connectivity index (χ0v) is 11.0. The lowest BCUT2D eigenvalue weighted by atomic mass is 10.1. The van der Waals surface area contributed by atoms with Gasteiger partial charge < -0.3 is 10.1 Å². The van der Waals surface area contributed by atoms with Crippen LogP contribution in [0.3, 0.4) is 0 Å². The first-order valence-corrected chi connectivity index (χ1v) is 5.99. The van der Waals surface area contributed by atoms with Crippen LogP contribution in [-0.4, -0.2) is 19.2 Å². The Morgan fingerprint density at radius 2 is 2.00 bits per heavy atom. The molecule has 16 heavy (non-hydrogen) atoms. The van der Waals surface area contributed by atoms with Gasteiger partial charge in [-0.1, -0.05) is 24.6 Å². The Bertz CT molecular complexity index is 332. The lowest BCUT2D eigenvalue weighted by Crippen LogP contribution is -2.38. The zero-order chi connectivity index (χ0) is 12.1. The van der Waals surface area contributed by atoms with Crippen LogP contribution in [0.4, 0.5) is 0 Å². The van der Waals surface area contributed by atoms with Gasteiger partial charge >= 0.3 is 0 Å². The van der Waals surface area contributed by atoms with E-state index in [2.05, 4.69) is 51.2 Å². The molecule has 2 heteroatoms. The maximum absolute atomic E-state index is 5.98. The number of rotatable bonds is 5. The summed E-state index contributed by atoms with van der Waals surface area (Å²) >= 11 is 0. The van der Waals surface area contributed by atoms with E-state index in [1.807, 2.05) is 7.05 Å². The Morgan fingerprint density at radius 3 is 2.50 bits per heavy atom. The average molecular weight is 221 g/mol. The second-order valence-electron chi connectivity index (χ2n) is 4.40. The third kappa shape index (κ3) is 3.24. The molecule has 0 aliphatic rings. The molecule has 0 radical (unpaired) electrons. The number of aryl methyl sites for hydroxylation is 2. The molecule has 0 amide bonds. The molecular weight excluding hydrogens is 198 g/mol. The molecule has 2 nitrogen and oxygen atoms in total. The quantitative estimate of drug-likeness (QED) is 0.825. The summed E-state index contributed by atoms with van der Waals surface area (Å²) in [6.45, 7) is 8.48. The maximum Gasteiger partial charge on any atom is 0.122 e. The number of hydrogen-bond donors (Lipinski definition) is 1. The Hall–Kier alpha value is -1.02. The van der Waals surface area contributed by atoms with Crippen LogP contribution in [0.15, 0.2) is 18.2 Å². The van der Waals surface area contributed by atoms with Crippen molar-refractivity contribution in [3.05, 3.63) is 29.3 Å². The van der Waals surface area contributed by atoms with Crippen molar-refractivity contribution >= 4 is 0 Å². The fourth-order valence-corrected chi connectivity index (χ4v) is 1.98. The van der Waals surface area contributed by atoms with Gasteiger partial charge in [-0.15, -0.1) is 0 Å². The van der Waals surface area contributed by atoms with Crippen molar-refractivity contribution in [3.8, 4) is 5.75 Å². The van der Waals surface area contributed by atoms with Gasteiger partial charge in [0.25, 0.3) is 0 Å². The number of benzene rings is 1. The average Bonchev–Trinajstić information content (AvgIpc) is 2.24. The molecule has 0 aliphatic carbocycles. The molecule has 0 fully saturated rings. The summed E-state index contributed by atoms with van der Waals surface area (Å²) in [4.78, 5) is 0. The van der Waals surface area contributed by atoms with E-state index in [1.54, 1.807) is 0 Å². The molecule has 2 atom stereocenters. The van der Waals surface area contributed by atoms with Crippen molar-refractivity contribution in [1.82, 2.24) is 5.32 Å². The van der Waals surface area contributed by atoms with Crippen LogP contribution in [-0.2, 0) is 0 Å². The van der Waals surface area contributed by atoms with Gasteiger partial charge in [0.1, 0.15) is 11.9 Å². The van der Waals surface area contributed by atoms with E-state index in [0.29, 0.717) is 6.04 Å². The van der Waals surface area contributed by atoms with Crippen LogP contribution in [0, 0.1) is 13.8 Å². The van der Waals surface area contributed by atoms with Crippen molar-refractivity contribution in [2.45, 2.75) is 46.3 Å². The van der Waals surface area contributed by atoms with Crippen molar-refractivity contribution in [1.29, 1.82) is 0 Å². The van der Waals surface area contributed by atoms with Crippen LogP contribution in [0.25, 0.3) is 0 Å². The molecule has 0 saturated heterocycles. The fourth-order valence-electron chi connectivity index (χ4n) is 1.98. The lowest BCUT2D eigenvalue weighted by Gasteiger charge is -2.24. The smallest absolute Gasteiger partial charge is 0.122 e. The molecule has 1 rings (SSSR count). The Labute approximate surface area is 99.0 Å². The molecule has 0 spiro atoms. The van der Waals surface area contributed by atoms with Gasteiger partial charge in [-0.25, -0.2) is 0 Å². The minimum Gasteiger partial charge on any atom is -0.489 e. The first-order chi connectivity index (χ1) is 7.58. The highest BCUT2D eigenvalue weighted by molar-refractivity contribution is 5.35. The summed E-state index contributed by atoms with van der Waals surface area (Å²) in [5.41, 5.74) is 2.48. The van der Waals surface area contributed by atoms with E-state index in [1.165, 1.54) is 11.1 Å². The van der Waals surface area contributed by atoms with E-state index in [9.17, 15) is 0 Å². The van der Waals surface area contributed by atoms with Crippen molar-refractivity contribution in [2.24, 2.45) is 0 Å². The van der Waals surface area contributed by atoms with E-state index in [4.69, 9.17) is 4.74 Å². The van der Waals surface area contributed by atoms with Crippen molar-refractivity contribution in [2.75, 3.05) is 7.05 Å². The van der Waals surface area contributed by atoms with Gasteiger partial charge in [0.15, 0.2) is 0 Å². The molecule has 0 saturated carbocycles. The number of likely N-dealkylation sites (N-methyl/N-ethyl adjacent to an activating group) is 1. The summed E-state index contributed by atoms with van der Waals surface area (Å²) in [5, 5.41) is 3.28. The van der Waals surface area contributed by atoms with E-state index in [-0.39, 0.29) is 6.10 Å². The van der Waals surface area contributed by atoms with Crippen molar-refractivity contribution in [3.63, 3.8) is 0 Å². The van der Waals surface area contributed by atoms with Crippen LogP contribution >= 0.6 is 0 Å². The van der Waals surface area contributed by atoms with Gasteiger partial charge in [0.2, 0.25) is 0 Å². The second-order valence-corrected chi connectivity index (χ2v) is 4.40. The zero-order valence-electron chi connectivity index (χ0n) is 11.0. The summed E-state index contributed by atoms with van der Waals surface area (Å²) in [7, 11) is 1.98. The van der Waals surface area contributed by atoms with Crippen LogP contribution in [0.1, 0.15) is 31.4 Å².